The third kappa shape index (κ3) is 4.00. The molecule has 2 aromatic rings. The molecule has 0 heterocycles. The van der Waals surface area contributed by atoms with E-state index in [1.54, 1.807) is 6.07 Å². The predicted molar refractivity (Wildman–Crippen MR) is 105 cm³/mol. The van der Waals surface area contributed by atoms with Gasteiger partial charge in [-0.25, -0.2) is 17.5 Å². The lowest BCUT2D eigenvalue weighted by atomic mass is 10.0. The summed E-state index contributed by atoms with van der Waals surface area (Å²) >= 11 is 0. The van der Waals surface area contributed by atoms with Crippen LogP contribution in [0.3, 0.4) is 0 Å². The van der Waals surface area contributed by atoms with E-state index in [2.05, 4.69) is 0 Å². The Kier molecular flexibility index (Phi) is 5.67. The van der Waals surface area contributed by atoms with Crippen LogP contribution in [0.4, 0.5) is 0 Å². The number of esters is 1. The monoisotopic (exact) mass is 401 g/mol. The van der Waals surface area contributed by atoms with Crippen LogP contribution in [-0.4, -0.2) is 44.7 Å². The van der Waals surface area contributed by atoms with Crippen molar-refractivity contribution in [3.63, 3.8) is 0 Å². The van der Waals surface area contributed by atoms with Crippen molar-refractivity contribution >= 4 is 21.8 Å². The van der Waals surface area contributed by atoms with Gasteiger partial charge in [-0.3, -0.25) is 4.79 Å². The largest absolute Gasteiger partial charge is 0.451 e. The van der Waals surface area contributed by atoms with Gasteiger partial charge in [-0.2, -0.15) is 0 Å². The molecule has 0 radical (unpaired) electrons. The summed E-state index contributed by atoms with van der Waals surface area (Å²) in [5, 5.41) is 0. The Morgan fingerprint density at radius 1 is 1.00 bits per heavy atom. The van der Waals surface area contributed by atoms with E-state index in [1.807, 2.05) is 12.1 Å². The minimum atomic E-state index is -3.67. The van der Waals surface area contributed by atoms with Gasteiger partial charge in [0.2, 0.25) is 15.8 Å². The molecule has 0 amide bonds. The zero-order valence-corrected chi connectivity index (χ0v) is 17.0. The first kappa shape index (κ1) is 20.2. The van der Waals surface area contributed by atoms with E-state index >= 15 is 0 Å². The van der Waals surface area contributed by atoms with Crippen LogP contribution >= 0.6 is 0 Å². The minimum Gasteiger partial charge on any atom is -0.451 e. The number of carbonyl (C=O) groups excluding carboxylic acids is 2. The van der Waals surface area contributed by atoms with Gasteiger partial charge in [0.05, 0.1) is 10.5 Å². The fourth-order valence-electron chi connectivity index (χ4n) is 3.24. The molecule has 0 saturated heterocycles. The average Bonchev–Trinajstić information content (AvgIpc) is 3.15. The lowest BCUT2D eigenvalue weighted by Crippen LogP contribution is -2.25. The summed E-state index contributed by atoms with van der Waals surface area (Å²) in [4.78, 5) is 25.1. The first-order chi connectivity index (χ1) is 13.2. The van der Waals surface area contributed by atoms with Gasteiger partial charge in [-0.15, -0.1) is 0 Å². The van der Waals surface area contributed by atoms with Crippen LogP contribution < -0.4 is 0 Å². The number of aryl methyl sites for hydroxylation is 2. The van der Waals surface area contributed by atoms with Gasteiger partial charge >= 0.3 is 5.97 Å². The van der Waals surface area contributed by atoms with Crippen molar-refractivity contribution in [2.75, 3.05) is 14.1 Å². The molecule has 2 aromatic carbocycles. The highest BCUT2D eigenvalue weighted by Crippen LogP contribution is 2.24. The lowest BCUT2D eigenvalue weighted by Gasteiger charge is -2.15. The molecule has 0 aromatic heterocycles. The molecule has 0 spiro atoms. The maximum Gasteiger partial charge on any atom is 0.338 e. The molecule has 0 N–H and O–H groups in total. The van der Waals surface area contributed by atoms with Crippen LogP contribution in [0.15, 0.2) is 47.4 Å². The summed E-state index contributed by atoms with van der Waals surface area (Å²) in [6.45, 7) is 1.52. The SMILES string of the molecule is CC(OC(=O)c1cccc(S(=O)(=O)N(C)C)c1)C(=O)c1ccc2c(c1)CCC2. The highest BCUT2D eigenvalue weighted by Gasteiger charge is 2.24. The number of hydrogen-bond acceptors (Lipinski definition) is 5. The average molecular weight is 401 g/mol. The zero-order chi connectivity index (χ0) is 20.5. The van der Waals surface area contributed by atoms with Crippen LogP contribution in [0.1, 0.15) is 45.2 Å². The maximum absolute atomic E-state index is 12.6. The van der Waals surface area contributed by atoms with Crippen molar-refractivity contribution in [1.29, 1.82) is 0 Å². The quantitative estimate of drug-likeness (QED) is 0.549. The van der Waals surface area contributed by atoms with Gasteiger partial charge in [0.15, 0.2) is 6.10 Å². The first-order valence-electron chi connectivity index (χ1n) is 9.10. The summed E-state index contributed by atoms with van der Waals surface area (Å²) in [6.07, 6.45) is 2.10. The number of hydrogen-bond donors (Lipinski definition) is 0. The number of Topliss-reactive ketones (excluding diaryl/α,β-unsaturated/α-hetero) is 1. The van der Waals surface area contributed by atoms with Crippen molar-refractivity contribution in [3.8, 4) is 0 Å². The number of benzene rings is 2. The van der Waals surface area contributed by atoms with E-state index in [0.29, 0.717) is 5.56 Å². The molecule has 6 nitrogen and oxygen atoms in total. The third-order valence-corrected chi connectivity index (χ3v) is 6.70. The van der Waals surface area contributed by atoms with Crippen LogP contribution in [0.2, 0.25) is 0 Å². The number of fused-ring (bicyclic) bond motifs is 1. The van der Waals surface area contributed by atoms with Gasteiger partial charge in [-0.1, -0.05) is 18.2 Å². The molecule has 0 bridgehead atoms. The predicted octanol–water partition coefficient (Wildman–Crippen LogP) is 2.85. The van der Waals surface area contributed by atoms with E-state index in [-0.39, 0.29) is 16.2 Å². The van der Waals surface area contributed by atoms with Crippen molar-refractivity contribution in [2.24, 2.45) is 0 Å². The Balaban J connectivity index is 1.75. The smallest absolute Gasteiger partial charge is 0.338 e. The Hall–Kier alpha value is -2.51. The number of ketones is 1. The fourth-order valence-corrected chi connectivity index (χ4v) is 4.18. The molecule has 1 unspecified atom stereocenters. The number of carbonyl (C=O) groups is 2. The van der Waals surface area contributed by atoms with Gasteiger partial charge < -0.3 is 4.74 Å². The Labute approximate surface area is 165 Å². The maximum atomic E-state index is 12.6. The zero-order valence-electron chi connectivity index (χ0n) is 16.1. The van der Waals surface area contributed by atoms with Gasteiger partial charge in [0, 0.05) is 19.7 Å². The number of nitrogens with zero attached hydrogens (tertiary/aromatic N) is 1. The first-order valence-corrected chi connectivity index (χ1v) is 10.5. The molecule has 148 valence electrons. The van der Waals surface area contributed by atoms with Crippen molar-refractivity contribution in [2.45, 2.75) is 37.2 Å². The van der Waals surface area contributed by atoms with Crippen molar-refractivity contribution in [1.82, 2.24) is 4.31 Å². The molecule has 7 heteroatoms. The molecule has 0 aliphatic heterocycles. The molecule has 1 aliphatic rings. The Morgan fingerprint density at radius 3 is 2.43 bits per heavy atom. The van der Waals surface area contributed by atoms with Crippen LogP contribution in [0.5, 0.6) is 0 Å². The summed E-state index contributed by atoms with van der Waals surface area (Å²) in [6, 6.07) is 11.2. The molecule has 0 fully saturated rings. The molecular formula is C21H23NO5S. The second kappa shape index (κ2) is 7.85. The molecule has 28 heavy (non-hydrogen) atoms. The standard InChI is InChI=1S/C21H23NO5S/c1-14(20(23)17-11-10-15-6-4-7-16(15)12-17)27-21(24)18-8-5-9-19(13-18)28(25,26)22(2)3/h5,8-14H,4,6-7H2,1-3H3. The topological polar surface area (TPSA) is 80.8 Å². The minimum absolute atomic E-state index is 0.00967. The van der Waals surface area contributed by atoms with Crippen LogP contribution in [0, 0.1) is 0 Å². The number of rotatable bonds is 6. The summed E-state index contributed by atoms with van der Waals surface area (Å²) in [7, 11) is -0.839. The van der Waals surface area contributed by atoms with Gasteiger partial charge in [-0.05, 0) is 61.6 Å². The van der Waals surface area contributed by atoms with Crippen molar-refractivity contribution < 1.29 is 22.7 Å². The lowest BCUT2D eigenvalue weighted by molar-refractivity contribution is 0.0318. The van der Waals surface area contributed by atoms with Gasteiger partial charge in [0.25, 0.3) is 0 Å². The molecule has 3 rings (SSSR count). The molecule has 1 atom stereocenters. The van der Waals surface area contributed by atoms with E-state index in [9.17, 15) is 18.0 Å². The summed E-state index contributed by atoms with van der Waals surface area (Å²) < 4.78 is 30.8. The van der Waals surface area contributed by atoms with E-state index < -0.39 is 22.1 Å². The second-order valence-electron chi connectivity index (χ2n) is 7.06. The van der Waals surface area contributed by atoms with Crippen LogP contribution in [-0.2, 0) is 27.6 Å². The Bertz CT molecular complexity index is 1030. The van der Waals surface area contributed by atoms with E-state index in [4.69, 9.17) is 4.74 Å². The van der Waals surface area contributed by atoms with Gasteiger partial charge in [0.1, 0.15) is 0 Å². The number of ether oxygens (including phenoxy) is 1. The molecular weight excluding hydrogens is 378 g/mol. The van der Waals surface area contributed by atoms with E-state index in [0.717, 1.165) is 23.6 Å². The third-order valence-electron chi connectivity index (χ3n) is 4.88. The fraction of sp³-hybridized carbons (Fsp3) is 0.333. The Morgan fingerprint density at radius 2 is 1.71 bits per heavy atom. The van der Waals surface area contributed by atoms with Crippen molar-refractivity contribution in [3.05, 3.63) is 64.7 Å². The summed E-state index contributed by atoms with van der Waals surface area (Å²) in [5.41, 5.74) is 3.03. The normalized spacial score (nSPS) is 14.6. The highest BCUT2D eigenvalue weighted by atomic mass is 32.2. The second-order valence-corrected chi connectivity index (χ2v) is 9.22. The molecule has 0 saturated carbocycles. The molecule has 1 aliphatic carbocycles. The van der Waals surface area contributed by atoms with Crippen LogP contribution in [0.25, 0.3) is 0 Å². The highest BCUT2D eigenvalue weighted by molar-refractivity contribution is 7.89. The number of sulfonamides is 1. The summed E-state index contributed by atoms with van der Waals surface area (Å²) in [5.74, 6) is -1.02. The van der Waals surface area contributed by atoms with E-state index in [1.165, 1.54) is 56.4 Å².